The van der Waals surface area contributed by atoms with Crippen molar-refractivity contribution in [2.24, 2.45) is 0 Å². The molecule has 0 N–H and O–H groups in total. The van der Waals surface area contributed by atoms with Gasteiger partial charge in [0.15, 0.2) is 0 Å². The first-order valence-corrected chi connectivity index (χ1v) is 12.3. The maximum absolute atomic E-state index is 5.40. The topological polar surface area (TPSA) is 0 Å². The highest BCUT2D eigenvalue weighted by atomic mass is 15.3. The van der Waals surface area contributed by atoms with Crippen LogP contribution in [0, 0.1) is 51.9 Å². The molecule has 0 aromatic heterocycles. The Kier molecular flexibility index (Phi) is 31.1. The Bertz CT molecular complexity index is 541. The molecule has 0 amide bonds. The molecule has 2 nitrogen and oxygen atoms in total. The van der Waals surface area contributed by atoms with Crippen LogP contribution in [0.4, 0.5) is 0 Å². The molecule has 0 unspecified atom stereocenters. The molecule has 34 heavy (non-hydrogen) atoms. The van der Waals surface area contributed by atoms with Crippen LogP contribution < -0.4 is 0 Å². The Labute approximate surface area is 216 Å². The second kappa shape index (κ2) is 27.1. The molecule has 0 aromatic carbocycles. The van der Waals surface area contributed by atoms with E-state index in [1.807, 2.05) is 18.2 Å². The smallest absolute Gasteiger partial charge is 0.142 e. The third kappa shape index (κ3) is 19.3. The molecule has 0 aliphatic rings. The molecule has 0 atom stereocenters. The average Bonchev–Trinajstić information content (AvgIpc) is 2.76. The molecular formula is C32H56N2. The fourth-order valence-electron chi connectivity index (χ4n) is 4.05. The summed E-state index contributed by atoms with van der Waals surface area (Å²) in [6.45, 7) is 23.2. The van der Waals surface area contributed by atoms with Gasteiger partial charge in [0.25, 0.3) is 0 Å². The molecule has 0 aromatic rings. The van der Waals surface area contributed by atoms with Crippen molar-refractivity contribution in [2.75, 3.05) is 52.4 Å². The summed E-state index contributed by atoms with van der Waals surface area (Å²) in [6, 6.07) is 0. The lowest BCUT2D eigenvalue weighted by atomic mass is 10.1. The quantitative estimate of drug-likeness (QED) is 0.0622. The minimum absolute atomic E-state index is 0. The Morgan fingerprint density at radius 2 is 0.882 bits per heavy atom. The Morgan fingerprint density at radius 1 is 0.559 bits per heavy atom. The fraction of sp³-hybridized carbons (Fsp3) is 0.562. The first-order valence-electron chi connectivity index (χ1n) is 12.3. The summed E-state index contributed by atoms with van der Waals surface area (Å²) >= 11 is 0. The van der Waals surface area contributed by atoms with Gasteiger partial charge in [-0.15, -0.1) is 19.3 Å². The molecule has 0 aliphatic carbocycles. The van der Waals surface area contributed by atoms with Gasteiger partial charge in [-0.2, -0.15) is 0 Å². The van der Waals surface area contributed by atoms with Gasteiger partial charge < -0.3 is 19.3 Å². The van der Waals surface area contributed by atoms with Crippen LogP contribution in [0.2, 0.25) is 0 Å². The van der Waals surface area contributed by atoms with Crippen molar-refractivity contribution >= 4 is 0 Å². The summed E-state index contributed by atoms with van der Waals surface area (Å²) in [5, 5.41) is 0. The largest absolute Gasteiger partial charge is 0.358 e. The van der Waals surface area contributed by atoms with E-state index in [4.69, 9.17) is 19.3 Å². The van der Waals surface area contributed by atoms with Crippen LogP contribution >= 0.6 is 0 Å². The van der Waals surface area contributed by atoms with E-state index < -0.39 is 0 Å². The maximum Gasteiger partial charge on any atom is 0.142 e. The van der Waals surface area contributed by atoms with Crippen molar-refractivity contribution in [3.8, 4) is 37.0 Å². The van der Waals surface area contributed by atoms with Crippen LogP contribution in [-0.4, -0.2) is 61.3 Å². The highest BCUT2D eigenvalue weighted by Crippen LogP contribution is 2.12. The second-order valence-electron chi connectivity index (χ2n) is 8.75. The Morgan fingerprint density at radius 3 is 1.15 bits per heavy atom. The molecule has 2 heteroatoms. The number of rotatable bonds is 19. The number of unbranched alkanes of at least 4 members (excludes halogenated alkanes) is 6. The van der Waals surface area contributed by atoms with E-state index in [9.17, 15) is 0 Å². The van der Waals surface area contributed by atoms with Gasteiger partial charge in [0.1, 0.15) is 19.6 Å². The van der Waals surface area contributed by atoms with E-state index in [-0.39, 0.29) is 14.9 Å². The molecular weight excluding hydrogens is 412 g/mol. The number of hydrogen-bond donors (Lipinski definition) is 0. The molecule has 0 rings (SSSR count). The highest BCUT2D eigenvalue weighted by molar-refractivity contribution is 4.93. The molecule has 0 bridgehead atoms. The van der Waals surface area contributed by atoms with Crippen LogP contribution in [0.25, 0.3) is 0 Å². The van der Waals surface area contributed by atoms with Gasteiger partial charge in [-0.05, 0) is 61.7 Å². The summed E-state index contributed by atoms with van der Waals surface area (Å²) in [6.07, 6.45) is 32.4. The average molecular weight is 469 g/mol. The van der Waals surface area contributed by atoms with Crippen molar-refractivity contribution < 1.29 is 8.97 Å². The predicted molar refractivity (Wildman–Crippen MR) is 158 cm³/mol. The lowest BCUT2D eigenvalue weighted by Crippen LogP contribution is -2.49. The number of hydrogen-bond acceptors (Lipinski definition) is 0. The second-order valence-corrected chi connectivity index (χ2v) is 8.75. The van der Waals surface area contributed by atoms with Gasteiger partial charge >= 0.3 is 0 Å². The zero-order valence-corrected chi connectivity index (χ0v) is 23.3. The molecule has 0 heterocycles. The van der Waals surface area contributed by atoms with E-state index in [0.717, 1.165) is 37.1 Å². The van der Waals surface area contributed by atoms with Gasteiger partial charge in [-0.25, -0.2) is 0 Å². The number of nitrogens with zero attached hydrogens (tertiary/aromatic N) is 2. The lowest BCUT2D eigenvalue weighted by Gasteiger charge is -2.36. The van der Waals surface area contributed by atoms with Crippen molar-refractivity contribution in [2.45, 2.75) is 65.2 Å². The molecule has 0 fully saturated rings. The minimum atomic E-state index is 0. The van der Waals surface area contributed by atoms with Crippen molar-refractivity contribution in [1.82, 2.24) is 0 Å². The molecule has 0 radical (unpaired) electrons. The van der Waals surface area contributed by atoms with E-state index in [2.05, 4.69) is 51.3 Å². The molecule has 0 spiro atoms. The van der Waals surface area contributed by atoms with E-state index >= 15 is 0 Å². The summed E-state index contributed by atoms with van der Waals surface area (Å²) < 4.78 is 1.73. The van der Waals surface area contributed by atoms with Gasteiger partial charge in [0.05, 0.1) is 32.7 Å². The SMILES string of the molecule is C#CC[N+](CC#C)(CC#C)CCCCCC.C=CC[N+](CC=C)(CC=C)CCCCCC.[CH3-].[CH3-]. The number of quaternary nitrogens is 2. The molecule has 0 aliphatic heterocycles. The van der Waals surface area contributed by atoms with E-state index in [1.165, 1.54) is 51.5 Å². The Hall–Kier alpha value is -2.18. The Balaban J connectivity index is -0.000000250. The number of terminal acetylenes is 3. The summed E-state index contributed by atoms with van der Waals surface area (Å²) in [5.41, 5.74) is 0. The van der Waals surface area contributed by atoms with Crippen molar-refractivity contribution in [3.63, 3.8) is 0 Å². The van der Waals surface area contributed by atoms with E-state index in [1.54, 1.807) is 0 Å². The zero-order valence-electron chi connectivity index (χ0n) is 23.3. The highest BCUT2D eigenvalue weighted by Gasteiger charge is 2.23. The van der Waals surface area contributed by atoms with Crippen molar-refractivity contribution in [3.05, 3.63) is 52.8 Å². The van der Waals surface area contributed by atoms with Crippen molar-refractivity contribution in [1.29, 1.82) is 0 Å². The first-order chi connectivity index (χ1) is 15.5. The van der Waals surface area contributed by atoms with Gasteiger partial charge in [-0.1, -0.05) is 59.3 Å². The monoisotopic (exact) mass is 468 g/mol. The van der Waals surface area contributed by atoms with Crippen LogP contribution in [0.3, 0.4) is 0 Å². The summed E-state index contributed by atoms with van der Waals surface area (Å²) in [7, 11) is 0. The van der Waals surface area contributed by atoms with Crippen LogP contribution in [-0.2, 0) is 0 Å². The third-order valence-electron chi connectivity index (χ3n) is 5.80. The predicted octanol–water partition coefficient (Wildman–Crippen LogP) is 7.13. The van der Waals surface area contributed by atoms with Crippen LogP contribution in [0.1, 0.15) is 65.2 Å². The first kappa shape index (κ1) is 39.1. The standard InChI is InChI=1S/C15H28N.C15H22N.2CH3/c2*1-5-9-10-11-15-16(12-6-2,13-7-3)14-8-4;;/h6-8H,2-5,9-15H2,1H3;2-4H,5,9-15H2,1H3;2*1H3/q2*+1;2*-1. The van der Waals surface area contributed by atoms with Crippen LogP contribution in [0.15, 0.2) is 38.0 Å². The van der Waals surface area contributed by atoms with Gasteiger partial charge in [-0.3, -0.25) is 4.48 Å². The van der Waals surface area contributed by atoms with Gasteiger partial charge in [0, 0.05) is 0 Å². The van der Waals surface area contributed by atoms with Gasteiger partial charge in [0.2, 0.25) is 0 Å². The minimum Gasteiger partial charge on any atom is -0.358 e. The maximum atomic E-state index is 5.40. The zero-order chi connectivity index (χ0) is 24.6. The summed E-state index contributed by atoms with van der Waals surface area (Å²) in [5.74, 6) is 8.10. The van der Waals surface area contributed by atoms with Crippen LogP contribution in [0.5, 0.6) is 0 Å². The van der Waals surface area contributed by atoms with E-state index in [0.29, 0.717) is 24.1 Å². The molecule has 194 valence electrons. The normalized spacial score (nSPS) is 9.97. The lowest BCUT2D eigenvalue weighted by molar-refractivity contribution is -0.912. The third-order valence-corrected chi connectivity index (χ3v) is 5.80. The summed E-state index contributed by atoms with van der Waals surface area (Å²) in [4.78, 5) is 0. The molecule has 0 saturated carbocycles. The molecule has 0 saturated heterocycles. The fourth-order valence-corrected chi connectivity index (χ4v) is 4.05.